The molecule has 0 bridgehead atoms. The standard InChI is InChI=1S/C12H19NO3/c1-7-6-11(9(3)16-7)8(2)13-12(14)10(4)15-5/h6,8,10H,1-5H3,(H,13,14). The van der Waals surface area contributed by atoms with Crippen molar-refractivity contribution < 1.29 is 13.9 Å². The molecular formula is C12H19NO3. The first kappa shape index (κ1) is 12.8. The Morgan fingerprint density at radius 1 is 1.44 bits per heavy atom. The smallest absolute Gasteiger partial charge is 0.249 e. The number of hydrogen-bond acceptors (Lipinski definition) is 3. The normalized spacial score (nSPS) is 14.6. The molecule has 0 aliphatic rings. The fraction of sp³-hybridized carbons (Fsp3) is 0.583. The number of carbonyl (C=O) groups excluding carboxylic acids is 1. The molecule has 0 aliphatic carbocycles. The largest absolute Gasteiger partial charge is 0.466 e. The summed E-state index contributed by atoms with van der Waals surface area (Å²) in [5.74, 6) is 1.58. The zero-order valence-corrected chi connectivity index (χ0v) is 10.5. The average molecular weight is 225 g/mol. The lowest BCUT2D eigenvalue weighted by molar-refractivity contribution is -0.130. The summed E-state index contributed by atoms with van der Waals surface area (Å²) in [6, 6.07) is 1.88. The van der Waals surface area contributed by atoms with E-state index in [-0.39, 0.29) is 11.9 Å². The van der Waals surface area contributed by atoms with Gasteiger partial charge in [-0.25, -0.2) is 0 Å². The maximum atomic E-state index is 11.6. The van der Waals surface area contributed by atoms with Crippen LogP contribution in [0.15, 0.2) is 10.5 Å². The van der Waals surface area contributed by atoms with E-state index in [0.717, 1.165) is 17.1 Å². The van der Waals surface area contributed by atoms with Gasteiger partial charge in [0.05, 0.1) is 6.04 Å². The summed E-state index contributed by atoms with van der Waals surface area (Å²) in [7, 11) is 1.52. The molecule has 4 heteroatoms. The van der Waals surface area contributed by atoms with Crippen LogP contribution in [0.3, 0.4) is 0 Å². The zero-order chi connectivity index (χ0) is 12.3. The molecule has 0 saturated heterocycles. The molecule has 16 heavy (non-hydrogen) atoms. The minimum absolute atomic E-state index is 0.0671. The zero-order valence-electron chi connectivity index (χ0n) is 10.5. The van der Waals surface area contributed by atoms with E-state index in [9.17, 15) is 4.79 Å². The van der Waals surface area contributed by atoms with Crippen molar-refractivity contribution >= 4 is 5.91 Å². The number of carbonyl (C=O) groups is 1. The lowest BCUT2D eigenvalue weighted by Crippen LogP contribution is -2.35. The summed E-state index contributed by atoms with van der Waals surface area (Å²) in [6.07, 6.45) is -0.434. The molecule has 2 atom stereocenters. The van der Waals surface area contributed by atoms with Crippen molar-refractivity contribution in [3.63, 3.8) is 0 Å². The Bertz CT molecular complexity index is 370. The van der Waals surface area contributed by atoms with Gasteiger partial charge in [-0.05, 0) is 33.8 Å². The predicted octanol–water partition coefficient (Wildman–Crippen LogP) is 2.11. The van der Waals surface area contributed by atoms with Gasteiger partial charge >= 0.3 is 0 Å². The van der Waals surface area contributed by atoms with Crippen LogP contribution in [-0.4, -0.2) is 19.1 Å². The highest BCUT2D eigenvalue weighted by Crippen LogP contribution is 2.21. The van der Waals surface area contributed by atoms with Crippen LogP contribution in [-0.2, 0) is 9.53 Å². The summed E-state index contributed by atoms with van der Waals surface area (Å²) in [5.41, 5.74) is 1.01. The highest BCUT2D eigenvalue weighted by Gasteiger charge is 2.18. The lowest BCUT2D eigenvalue weighted by atomic mass is 10.1. The molecule has 1 aromatic heterocycles. The molecule has 1 rings (SSSR count). The molecule has 4 nitrogen and oxygen atoms in total. The topological polar surface area (TPSA) is 51.5 Å². The molecule has 1 heterocycles. The van der Waals surface area contributed by atoms with E-state index >= 15 is 0 Å². The minimum Gasteiger partial charge on any atom is -0.466 e. The highest BCUT2D eigenvalue weighted by molar-refractivity contribution is 5.80. The maximum Gasteiger partial charge on any atom is 0.249 e. The fourth-order valence-electron chi connectivity index (χ4n) is 1.60. The average Bonchev–Trinajstić information content (AvgIpc) is 2.56. The quantitative estimate of drug-likeness (QED) is 0.853. The van der Waals surface area contributed by atoms with E-state index in [1.54, 1.807) is 6.92 Å². The minimum atomic E-state index is -0.434. The molecule has 0 fully saturated rings. The third-order valence-electron chi connectivity index (χ3n) is 2.63. The van der Waals surface area contributed by atoms with Crippen LogP contribution in [0.1, 0.15) is 37.0 Å². The van der Waals surface area contributed by atoms with Crippen molar-refractivity contribution in [3.8, 4) is 0 Å². The molecular weight excluding hydrogens is 206 g/mol. The van der Waals surface area contributed by atoms with Crippen LogP contribution in [0, 0.1) is 13.8 Å². The Morgan fingerprint density at radius 2 is 2.06 bits per heavy atom. The Kier molecular flexibility index (Phi) is 4.12. The van der Waals surface area contributed by atoms with Gasteiger partial charge in [0.25, 0.3) is 0 Å². The van der Waals surface area contributed by atoms with Crippen LogP contribution in [0.2, 0.25) is 0 Å². The lowest BCUT2D eigenvalue weighted by Gasteiger charge is -2.16. The molecule has 1 aromatic rings. The molecule has 0 aromatic carbocycles. The summed E-state index contributed by atoms with van der Waals surface area (Å²) >= 11 is 0. The van der Waals surface area contributed by atoms with Gasteiger partial charge in [-0.3, -0.25) is 4.79 Å². The van der Waals surface area contributed by atoms with E-state index in [1.165, 1.54) is 7.11 Å². The van der Waals surface area contributed by atoms with Gasteiger partial charge in [0, 0.05) is 12.7 Å². The first-order chi connectivity index (χ1) is 7.45. The van der Waals surface area contributed by atoms with Crippen molar-refractivity contribution in [2.24, 2.45) is 0 Å². The van der Waals surface area contributed by atoms with Gasteiger partial charge in [0.1, 0.15) is 17.6 Å². The Labute approximate surface area is 96.0 Å². The van der Waals surface area contributed by atoms with Gasteiger partial charge < -0.3 is 14.5 Å². The third kappa shape index (κ3) is 2.85. The Morgan fingerprint density at radius 3 is 2.50 bits per heavy atom. The molecule has 1 N–H and O–H groups in total. The SMILES string of the molecule is COC(C)C(=O)NC(C)c1cc(C)oc1C. The van der Waals surface area contributed by atoms with E-state index in [0.29, 0.717) is 0 Å². The van der Waals surface area contributed by atoms with Crippen molar-refractivity contribution in [1.82, 2.24) is 5.32 Å². The van der Waals surface area contributed by atoms with Gasteiger partial charge in [-0.1, -0.05) is 0 Å². The van der Waals surface area contributed by atoms with Gasteiger partial charge in [0.15, 0.2) is 0 Å². The first-order valence-corrected chi connectivity index (χ1v) is 5.35. The Balaban J connectivity index is 2.69. The van der Waals surface area contributed by atoms with E-state index in [4.69, 9.17) is 9.15 Å². The predicted molar refractivity (Wildman–Crippen MR) is 61.2 cm³/mol. The van der Waals surface area contributed by atoms with Crippen LogP contribution in [0.5, 0.6) is 0 Å². The number of ether oxygens (including phenoxy) is 1. The second kappa shape index (κ2) is 5.16. The third-order valence-corrected chi connectivity index (χ3v) is 2.63. The molecule has 0 aliphatic heterocycles. The fourth-order valence-corrected chi connectivity index (χ4v) is 1.60. The molecule has 0 radical (unpaired) electrons. The summed E-state index contributed by atoms with van der Waals surface area (Å²) in [5, 5.41) is 2.88. The van der Waals surface area contributed by atoms with Gasteiger partial charge in [-0.2, -0.15) is 0 Å². The molecule has 0 spiro atoms. The molecule has 90 valence electrons. The number of amides is 1. The van der Waals surface area contributed by atoms with Crippen LogP contribution in [0.25, 0.3) is 0 Å². The molecule has 1 amide bonds. The monoisotopic (exact) mass is 225 g/mol. The number of aryl methyl sites for hydroxylation is 2. The summed E-state index contributed by atoms with van der Waals surface area (Å²) < 4.78 is 10.4. The van der Waals surface area contributed by atoms with Gasteiger partial charge in [-0.15, -0.1) is 0 Å². The van der Waals surface area contributed by atoms with Crippen LogP contribution >= 0.6 is 0 Å². The number of rotatable bonds is 4. The second-order valence-electron chi connectivity index (χ2n) is 3.98. The van der Waals surface area contributed by atoms with Crippen molar-refractivity contribution in [3.05, 3.63) is 23.2 Å². The van der Waals surface area contributed by atoms with Crippen LogP contribution < -0.4 is 5.32 Å². The van der Waals surface area contributed by atoms with Gasteiger partial charge in [0.2, 0.25) is 5.91 Å². The molecule has 0 saturated carbocycles. The highest BCUT2D eigenvalue weighted by atomic mass is 16.5. The second-order valence-corrected chi connectivity index (χ2v) is 3.98. The van der Waals surface area contributed by atoms with Crippen molar-refractivity contribution in [2.45, 2.75) is 39.8 Å². The molecule has 2 unspecified atom stereocenters. The number of nitrogens with one attached hydrogen (secondary N) is 1. The van der Waals surface area contributed by atoms with Crippen molar-refractivity contribution in [2.75, 3.05) is 7.11 Å². The first-order valence-electron chi connectivity index (χ1n) is 5.35. The van der Waals surface area contributed by atoms with E-state index in [2.05, 4.69) is 5.32 Å². The van der Waals surface area contributed by atoms with E-state index < -0.39 is 6.10 Å². The Hall–Kier alpha value is -1.29. The number of furan rings is 1. The summed E-state index contributed by atoms with van der Waals surface area (Å²) in [6.45, 7) is 7.43. The maximum absolute atomic E-state index is 11.6. The van der Waals surface area contributed by atoms with Crippen molar-refractivity contribution in [1.29, 1.82) is 0 Å². The number of methoxy groups -OCH3 is 1. The van der Waals surface area contributed by atoms with E-state index in [1.807, 2.05) is 26.8 Å². The van der Waals surface area contributed by atoms with Crippen LogP contribution in [0.4, 0.5) is 0 Å². The number of hydrogen-bond donors (Lipinski definition) is 1. The summed E-state index contributed by atoms with van der Waals surface area (Å²) in [4.78, 5) is 11.6.